The number of carbonyl (C=O) groups excluding carboxylic acids is 1. The summed E-state index contributed by atoms with van der Waals surface area (Å²) in [5, 5.41) is 0. The third-order valence-electron chi connectivity index (χ3n) is 4.68. The van der Waals surface area contributed by atoms with E-state index >= 15 is 0 Å². The molecule has 1 aliphatic heterocycles. The fourth-order valence-corrected chi connectivity index (χ4v) is 3.14. The van der Waals surface area contributed by atoms with Gasteiger partial charge in [-0.2, -0.15) is 0 Å². The van der Waals surface area contributed by atoms with Crippen molar-refractivity contribution in [2.24, 2.45) is 7.05 Å². The third kappa shape index (κ3) is 4.51. The largest absolute Gasteiger partial charge is 0.491 e. The minimum absolute atomic E-state index is 0.0163. The summed E-state index contributed by atoms with van der Waals surface area (Å²) in [7, 11) is 1.73. The van der Waals surface area contributed by atoms with E-state index in [1.165, 1.54) is 6.07 Å². The predicted octanol–water partition coefficient (Wildman–Crippen LogP) is 2.77. The van der Waals surface area contributed by atoms with E-state index in [-0.39, 0.29) is 23.7 Å². The van der Waals surface area contributed by atoms with Gasteiger partial charge in [-0.3, -0.25) is 9.59 Å². The molecule has 1 unspecified atom stereocenters. The number of carbonyl (C=O) groups is 1. The summed E-state index contributed by atoms with van der Waals surface area (Å²) in [6, 6.07) is 10.6. The predicted molar refractivity (Wildman–Crippen MR) is 104 cm³/mol. The van der Waals surface area contributed by atoms with Gasteiger partial charge in [0.15, 0.2) is 0 Å². The summed E-state index contributed by atoms with van der Waals surface area (Å²) >= 11 is 0. The highest BCUT2D eigenvalue weighted by Crippen LogP contribution is 2.21. The number of rotatable bonds is 5. The molecule has 1 saturated heterocycles. The number of nitrogens with zero attached hydrogens (tertiary/aromatic N) is 2. The van der Waals surface area contributed by atoms with E-state index in [2.05, 4.69) is 0 Å². The first-order valence-corrected chi connectivity index (χ1v) is 9.24. The lowest BCUT2D eigenvalue weighted by Crippen LogP contribution is -2.31. The maximum atomic E-state index is 12.7. The maximum Gasteiger partial charge on any atom is 0.254 e. The fourth-order valence-electron chi connectivity index (χ4n) is 3.14. The number of pyridine rings is 1. The van der Waals surface area contributed by atoms with Crippen LogP contribution in [-0.2, 0) is 7.05 Å². The van der Waals surface area contributed by atoms with Gasteiger partial charge in [0.1, 0.15) is 17.6 Å². The molecule has 0 bridgehead atoms. The van der Waals surface area contributed by atoms with Crippen LogP contribution in [0.3, 0.4) is 0 Å². The first-order valence-electron chi connectivity index (χ1n) is 9.24. The number of likely N-dealkylation sites (tertiary alicyclic amines) is 1. The molecule has 0 radical (unpaired) electrons. The van der Waals surface area contributed by atoms with E-state index in [0.29, 0.717) is 24.4 Å². The van der Waals surface area contributed by atoms with Crippen LogP contribution >= 0.6 is 0 Å². The molecule has 1 aromatic heterocycles. The van der Waals surface area contributed by atoms with Gasteiger partial charge in [-0.25, -0.2) is 0 Å². The highest BCUT2D eigenvalue weighted by Gasteiger charge is 2.28. The van der Waals surface area contributed by atoms with Crippen LogP contribution in [0.15, 0.2) is 41.2 Å². The van der Waals surface area contributed by atoms with Crippen molar-refractivity contribution in [3.8, 4) is 11.5 Å². The summed E-state index contributed by atoms with van der Waals surface area (Å²) < 4.78 is 13.1. The molecule has 0 N–H and O–H groups in total. The minimum Gasteiger partial charge on any atom is -0.491 e. The van der Waals surface area contributed by atoms with E-state index in [4.69, 9.17) is 9.47 Å². The topological polar surface area (TPSA) is 60.8 Å². The summed E-state index contributed by atoms with van der Waals surface area (Å²) in [5.74, 6) is 1.30. The van der Waals surface area contributed by atoms with Gasteiger partial charge in [0.05, 0.1) is 12.6 Å². The molecule has 2 aromatic rings. The second-order valence-corrected chi connectivity index (χ2v) is 7.20. The normalized spacial score (nSPS) is 16.6. The van der Waals surface area contributed by atoms with Gasteiger partial charge in [0.25, 0.3) is 11.5 Å². The van der Waals surface area contributed by atoms with Gasteiger partial charge in [0, 0.05) is 37.3 Å². The van der Waals surface area contributed by atoms with Crippen LogP contribution in [0.5, 0.6) is 11.5 Å². The third-order valence-corrected chi connectivity index (χ3v) is 4.68. The lowest BCUT2D eigenvalue weighted by atomic mass is 10.2. The molecule has 144 valence electrons. The Morgan fingerprint density at radius 2 is 1.85 bits per heavy atom. The molecule has 1 aromatic carbocycles. The summed E-state index contributed by atoms with van der Waals surface area (Å²) in [6.45, 7) is 6.95. The standard InChI is InChI=1S/C21H26N2O4/c1-14(2)26-17-7-5-16(6-8-17)21(25)23-10-9-18(13-23)27-19-11-15(3)22(4)20(24)12-19/h5-8,11-12,14,18H,9-10,13H2,1-4H3. The van der Waals surface area contributed by atoms with Crippen molar-refractivity contribution in [3.63, 3.8) is 0 Å². The zero-order valence-electron chi connectivity index (χ0n) is 16.3. The summed E-state index contributed by atoms with van der Waals surface area (Å²) in [5.41, 5.74) is 1.38. The van der Waals surface area contributed by atoms with Crippen molar-refractivity contribution in [2.75, 3.05) is 13.1 Å². The molecule has 6 heteroatoms. The first-order chi connectivity index (χ1) is 12.8. The summed E-state index contributed by atoms with van der Waals surface area (Å²) in [6.07, 6.45) is 0.736. The Labute approximate surface area is 159 Å². The van der Waals surface area contributed by atoms with Crippen molar-refractivity contribution in [3.05, 3.63) is 58.0 Å². The van der Waals surface area contributed by atoms with Crippen molar-refractivity contribution in [1.82, 2.24) is 9.47 Å². The van der Waals surface area contributed by atoms with Crippen LogP contribution in [0, 0.1) is 6.92 Å². The molecule has 1 atom stereocenters. The number of hydrogen-bond acceptors (Lipinski definition) is 4. The van der Waals surface area contributed by atoms with Gasteiger partial charge >= 0.3 is 0 Å². The molecule has 1 amide bonds. The van der Waals surface area contributed by atoms with Crippen LogP contribution in [-0.4, -0.2) is 40.7 Å². The van der Waals surface area contributed by atoms with Gasteiger partial charge < -0.3 is 18.9 Å². The molecule has 0 aliphatic carbocycles. The van der Waals surface area contributed by atoms with E-state index in [0.717, 1.165) is 17.9 Å². The number of ether oxygens (including phenoxy) is 2. The second kappa shape index (κ2) is 7.86. The Bertz CT molecular complexity index is 871. The van der Waals surface area contributed by atoms with Crippen molar-refractivity contribution < 1.29 is 14.3 Å². The zero-order valence-corrected chi connectivity index (χ0v) is 16.3. The lowest BCUT2D eigenvalue weighted by molar-refractivity contribution is 0.0772. The average Bonchev–Trinajstić information content (AvgIpc) is 3.07. The van der Waals surface area contributed by atoms with E-state index < -0.39 is 0 Å². The van der Waals surface area contributed by atoms with Gasteiger partial charge in [-0.15, -0.1) is 0 Å². The maximum absolute atomic E-state index is 12.7. The average molecular weight is 370 g/mol. The SMILES string of the molecule is Cc1cc(OC2CCN(C(=O)c3ccc(OC(C)C)cc3)C2)cc(=O)n1C. The second-order valence-electron chi connectivity index (χ2n) is 7.20. The molecule has 1 aliphatic rings. The smallest absolute Gasteiger partial charge is 0.254 e. The monoisotopic (exact) mass is 370 g/mol. The minimum atomic E-state index is -0.107. The highest BCUT2D eigenvalue weighted by atomic mass is 16.5. The molecule has 1 fully saturated rings. The first kappa shape index (κ1) is 19.0. The Balaban J connectivity index is 1.62. The van der Waals surface area contributed by atoms with E-state index in [1.54, 1.807) is 28.6 Å². The Kier molecular flexibility index (Phi) is 5.54. The van der Waals surface area contributed by atoms with Gasteiger partial charge in [-0.05, 0) is 51.1 Å². The molecule has 2 heterocycles. The van der Waals surface area contributed by atoms with Gasteiger partial charge in [0.2, 0.25) is 0 Å². The Hall–Kier alpha value is -2.76. The van der Waals surface area contributed by atoms with Crippen molar-refractivity contribution >= 4 is 5.91 Å². The van der Waals surface area contributed by atoms with Crippen LogP contribution < -0.4 is 15.0 Å². The number of aromatic nitrogens is 1. The zero-order chi connectivity index (χ0) is 19.6. The van der Waals surface area contributed by atoms with Crippen LogP contribution in [0.25, 0.3) is 0 Å². The summed E-state index contributed by atoms with van der Waals surface area (Å²) in [4.78, 5) is 26.4. The molecular formula is C21H26N2O4. The van der Waals surface area contributed by atoms with Crippen LogP contribution in [0.4, 0.5) is 0 Å². The lowest BCUT2D eigenvalue weighted by Gasteiger charge is -2.18. The molecule has 27 heavy (non-hydrogen) atoms. The quantitative estimate of drug-likeness (QED) is 0.812. The molecular weight excluding hydrogens is 344 g/mol. The Morgan fingerprint density at radius 1 is 1.15 bits per heavy atom. The number of amides is 1. The Morgan fingerprint density at radius 3 is 2.48 bits per heavy atom. The molecule has 0 spiro atoms. The van der Waals surface area contributed by atoms with Gasteiger partial charge in [-0.1, -0.05) is 0 Å². The van der Waals surface area contributed by atoms with Crippen molar-refractivity contribution in [1.29, 1.82) is 0 Å². The van der Waals surface area contributed by atoms with Crippen LogP contribution in [0.1, 0.15) is 36.3 Å². The number of benzene rings is 1. The van der Waals surface area contributed by atoms with E-state index in [9.17, 15) is 9.59 Å². The molecule has 3 rings (SSSR count). The van der Waals surface area contributed by atoms with Crippen LogP contribution in [0.2, 0.25) is 0 Å². The number of hydrogen-bond donors (Lipinski definition) is 0. The molecule has 6 nitrogen and oxygen atoms in total. The fraction of sp³-hybridized carbons (Fsp3) is 0.429. The van der Waals surface area contributed by atoms with Crippen molar-refractivity contribution in [2.45, 2.75) is 39.4 Å². The highest BCUT2D eigenvalue weighted by molar-refractivity contribution is 5.94. The molecule has 0 saturated carbocycles. The van der Waals surface area contributed by atoms with E-state index in [1.807, 2.05) is 39.0 Å². The number of aryl methyl sites for hydroxylation is 1.